The predicted octanol–water partition coefficient (Wildman–Crippen LogP) is 4.00. The third-order valence-electron chi connectivity index (χ3n) is 6.08. The van der Waals surface area contributed by atoms with Crippen molar-refractivity contribution in [2.24, 2.45) is 0 Å². The second-order valence-corrected chi connectivity index (χ2v) is 8.82. The molecule has 2 aliphatic heterocycles. The van der Waals surface area contributed by atoms with Gasteiger partial charge < -0.3 is 20.1 Å². The number of carbonyl (C=O) groups is 2. The quantitative estimate of drug-likeness (QED) is 0.462. The number of pyridine rings is 1. The van der Waals surface area contributed by atoms with E-state index < -0.39 is 12.1 Å². The number of carboxylic acid groups (broad SMARTS) is 1. The molecule has 0 unspecified atom stereocenters. The van der Waals surface area contributed by atoms with E-state index in [1.54, 1.807) is 6.20 Å². The number of morpholine rings is 1. The van der Waals surface area contributed by atoms with Crippen LogP contribution in [-0.2, 0) is 22.5 Å². The van der Waals surface area contributed by atoms with Crippen molar-refractivity contribution in [2.75, 3.05) is 32.8 Å². The molecule has 0 aliphatic carbocycles. The van der Waals surface area contributed by atoms with Crippen LogP contribution in [0.2, 0.25) is 0 Å². The molecule has 4 heterocycles. The minimum atomic E-state index is -5.08. The van der Waals surface area contributed by atoms with Gasteiger partial charge in [0, 0.05) is 55.7 Å². The Labute approximate surface area is 217 Å². The number of alkyl halides is 3. The number of aromatic amines is 1. The predicted molar refractivity (Wildman–Crippen MR) is 135 cm³/mol. The summed E-state index contributed by atoms with van der Waals surface area (Å²) in [6, 6.07) is 14.6. The van der Waals surface area contributed by atoms with Crippen LogP contribution in [0.1, 0.15) is 32.9 Å². The van der Waals surface area contributed by atoms with Crippen molar-refractivity contribution < 1.29 is 32.6 Å². The van der Waals surface area contributed by atoms with Crippen molar-refractivity contribution in [3.05, 3.63) is 76.7 Å². The lowest BCUT2D eigenvalue weighted by atomic mass is 10.1. The van der Waals surface area contributed by atoms with Crippen molar-refractivity contribution in [3.8, 4) is 11.3 Å². The normalized spacial score (nSPS) is 15.9. The van der Waals surface area contributed by atoms with Crippen molar-refractivity contribution in [1.29, 1.82) is 0 Å². The van der Waals surface area contributed by atoms with Crippen LogP contribution >= 0.6 is 0 Å². The highest BCUT2D eigenvalue weighted by Gasteiger charge is 2.38. The standard InChI is InChI=1S/C25H26N4O2.C2HF3O2/c30-25-22-16-24(28-23(22)8-10-27-25)20-7-9-26-21(15-20)6-5-18-1-3-19(4-2-18)17-29-11-13-31-14-12-29;3-2(4,5)1(6)7/h1-7,9,15-16,28H,8,10-14,17H2,(H,27,30);(H,6,7)/b6-5+;. The van der Waals surface area contributed by atoms with E-state index in [1.807, 2.05) is 24.3 Å². The number of rotatable bonds is 5. The van der Waals surface area contributed by atoms with Gasteiger partial charge in [0.05, 0.1) is 24.5 Å². The Morgan fingerprint density at radius 2 is 1.82 bits per heavy atom. The zero-order valence-electron chi connectivity index (χ0n) is 20.4. The van der Waals surface area contributed by atoms with Crippen LogP contribution in [0, 0.1) is 0 Å². The summed E-state index contributed by atoms with van der Waals surface area (Å²) in [6.07, 6.45) is 1.66. The van der Waals surface area contributed by atoms with Gasteiger partial charge in [-0.05, 0) is 35.4 Å². The number of H-pyrrole nitrogens is 1. The molecular formula is C27H27F3N4O4. The maximum absolute atomic E-state index is 12.0. The van der Waals surface area contributed by atoms with Crippen LogP contribution in [-0.4, -0.2) is 70.9 Å². The molecule has 0 radical (unpaired) electrons. The van der Waals surface area contributed by atoms with Gasteiger partial charge >= 0.3 is 12.1 Å². The summed E-state index contributed by atoms with van der Waals surface area (Å²) in [7, 11) is 0. The number of aromatic nitrogens is 2. The third-order valence-corrected chi connectivity index (χ3v) is 6.08. The highest BCUT2D eigenvalue weighted by atomic mass is 19.4. The molecule has 8 nitrogen and oxygen atoms in total. The van der Waals surface area contributed by atoms with Gasteiger partial charge in [-0.15, -0.1) is 0 Å². The van der Waals surface area contributed by atoms with E-state index in [9.17, 15) is 18.0 Å². The number of aliphatic carboxylic acids is 1. The van der Waals surface area contributed by atoms with E-state index in [4.69, 9.17) is 14.6 Å². The molecule has 0 saturated carbocycles. The zero-order valence-corrected chi connectivity index (χ0v) is 20.4. The molecule has 0 atom stereocenters. The van der Waals surface area contributed by atoms with E-state index in [0.717, 1.165) is 73.0 Å². The molecule has 3 N–H and O–H groups in total. The summed E-state index contributed by atoms with van der Waals surface area (Å²) in [4.78, 5) is 31.2. The number of carbonyl (C=O) groups excluding carboxylic acids is 1. The summed E-state index contributed by atoms with van der Waals surface area (Å²) < 4.78 is 37.2. The van der Waals surface area contributed by atoms with Gasteiger partial charge in [0.2, 0.25) is 0 Å². The first-order valence-corrected chi connectivity index (χ1v) is 12.0. The Morgan fingerprint density at radius 3 is 2.47 bits per heavy atom. The fraction of sp³-hybridized carbons (Fsp3) is 0.296. The van der Waals surface area contributed by atoms with E-state index in [0.29, 0.717) is 6.54 Å². The molecule has 1 fully saturated rings. The summed E-state index contributed by atoms with van der Waals surface area (Å²) in [5.41, 5.74) is 7.07. The summed E-state index contributed by atoms with van der Waals surface area (Å²) >= 11 is 0. The number of hydrogen-bond donors (Lipinski definition) is 3. The number of fused-ring (bicyclic) bond motifs is 1. The van der Waals surface area contributed by atoms with Gasteiger partial charge in [0.1, 0.15) is 0 Å². The minimum Gasteiger partial charge on any atom is -0.475 e. The lowest BCUT2D eigenvalue weighted by molar-refractivity contribution is -0.192. The number of carboxylic acids is 1. The van der Waals surface area contributed by atoms with Gasteiger partial charge in [-0.25, -0.2) is 4.79 Å². The van der Waals surface area contributed by atoms with Crippen LogP contribution < -0.4 is 5.32 Å². The maximum Gasteiger partial charge on any atom is 0.490 e. The number of halogens is 3. The largest absolute Gasteiger partial charge is 0.490 e. The lowest BCUT2D eigenvalue weighted by Crippen LogP contribution is -2.35. The average molecular weight is 529 g/mol. The molecule has 5 rings (SSSR count). The highest BCUT2D eigenvalue weighted by molar-refractivity contribution is 5.97. The Morgan fingerprint density at radius 1 is 1.11 bits per heavy atom. The van der Waals surface area contributed by atoms with Crippen molar-refractivity contribution in [3.63, 3.8) is 0 Å². The number of nitrogens with zero attached hydrogens (tertiary/aromatic N) is 2. The van der Waals surface area contributed by atoms with Gasteiger partial charge in [0.25, 0.3) is 5.91 Å². The molecule has 200 valence electrons. The molecule has 38 heavy (non-hydrogen) atoms. The van der Waals surface area contributed by atoms with Crippen LogP contribution in [0.25, 0.3) is 23.4 Å². The second-order valence-electron chi connectivity index (χ2n) is 8.82. The van der Waals surface area contributed by atoms with Crippen molar-refractivity contribution in [2.45, 2.75) is 19.1 Å². The molecule has 1 aromatic carbocycles. The van der Waals surface area contributed by atoms with Crippen LogP contribution in [0.4, 0.5) is 13.2 Å². The summed E-state index contributed by atoms with van der Waals surface area (Å²) in [5, 5.41) is 10.0. The minimum absolute atomic E-state index is 0.00464. The number of ether oxygens (including phenoxy) is 1. The molecule has 3 aromatic rings. The first-order chi connectivity index (χ1) is 18.2. The van der Waals surface area contributed by atoms with Gasteiger partial charge in [-0.2, -0.15) is 13.2 Å². The van der Waals surface area contributed by atoms with E-state index in [2.05, 4.69) is 50.5 Å². The average Bonchev–Trinajstić information content (AvgIpc) is 3.35. The maximum atomic E-state index is 12.0. The highest BCUT2D eigenvalue weighted by Crippen LogP contribution is 2.24. The molecule has 1 saturated heterocycles. The Balaban J connectivity index is 0.000000426. The summed E-state index contributed by atoms with van der Waals surface area (Å²) in [6.45, 7) is 5.29. The van der Waals surface area contributed by atoms with Gasteiger partial charge in [0.15, 0.2) is 0 Å². The number of hydrogen-bond acceptors (Lipinski definition) is 5. The molecule has 1 amide bonds. The van der Waals surface area contributed by atoms with Crippen LogP contribution in [0.15, 0.2) is 48.7 Å². The zero-order chi connectivity index (χ0) is 27.1. The first-order valence-electron chi connectivity index (χ1n) is 12.0. The Bertz CT molecular complexity index is 1300. The lowest BCUT2D eigenvalue weighted by Gasteiger charge is -2.26. The number of benzene rings is 1. The first kappa shape index (κ1) is 27.1. The molecule has 2 aromatic heterocycles. The third kappa shape index (κ3) is 7.30. The number of amides is 1. The topological polar surface area (TPSA) is 108 Å². The van der Waals surface area contributed by atoms with Gasteiger partial charge in [-0.1, -0.05) is 30.3 Å². The van der Waals surface area contributed by atoms with Crippen LogP contribution in [0.5, 0.6) is 0 Å². The van der Waals surface area contributed by atoms with Crippen molar-refractivity contribution in [1.82, 2.24) is 20.2 Å². The van der Waals surface area contributed by atoms with E-state index >= 15 is 0 Å². The second kappa shape index (κ2) is 12.1. The molecule has 11 heteroatoms. The van der Waals surface area contributed by atoms with Gasteiger partial charge in [-0.3, -0.25) is 14.7 Å². The van der Waals surface area contributed by atoms with Crippen LogP contribution in [0.3, 0.4) is 0 Å². The Hall–Kier alpha value is -3.96. The molecule has 0 bridgehead atoms. The fourth-order valence-corrected chi connectivity index (χ4v) is 4.09. The molecule has 2 aliphatic rings. The Kier molecular flexibility index (Phi) is 8.59. The number of nitrogens with one attached hydrogen (secondary N) is 2. The van der Waals surface area contributed by atoms with E-state index in [-0.39, 0.29) is 5.91 Å². The SMILES string of the molecule is O=C(O)C(F)(F)F.O=C1NCCc2[nH]c(-c3ccnc(/C=C/c4ccc(CN5CCOCC5)cc4)c3)cc21. The van der Waals surface area contributed by atoms with E-state index in [1.165, 1.54) is 5.56 Å². The molecular weight excluding hydrogens is 501 g/mol. The monoisotopic (exact) mass is 528 g/mol. The fourth-order valence-electron chi connectivity index (χ4n) is 4.09. The smallest absolute Gasteiger partial charge is 0.475 e. The van der Waals surface area contributed by atoms with Crippen molar-refractivity contribution >= 4 is 24.0 Å². The summed E-state index contributed by atoms with van der Waals surface area (Å²) in [5.74, 6) is -2.76. The molecule has 0 spiro atoms.